The maximum Gasteiger partial charge on any atom is 0.319 e. The van der Waals surface area contributed by atoms with Gasteiger partial charge in [0, 0.05) is 34.0 Å². The van der Waals surface area contributed by atoms with Gasteiger partial charge in [-0.2, -0.15) is 0 Å². The number of benzene rings is 6. The highest BCUT2D eigenvalue weighted by Crippen LogP contribution is 2.53. The zero-order chi connectivity index (χ0) is 40.2. The predicted octanol–water partition coefficient (Wildman–Crippen LogP) is 7.52. The van der Waals surface area contributed by atoms with E-state index >= 15 is 0 Å². The first-order valence-electron chi connectivity index (χ1n) is 17.6. The molecule has 1 unspecified atom stereocenters. The normalized spacial score (nSPS) is 12.3. The van der Waals surface area contributed by atoms with Gasteiger partial charge in [0.25, 0.3) is 10.4 Å². The van der Waals surface area contributed by atoms with E-state index in [4.69, 9.17) is 8.92 Å². The molecule has 0 spiro atoms. The molecule has 0 bridgehead atoms. The van der Waals surface area contributed by atoms with Gasteiger partial charge in [0.05, 0.1) is 29.2 Å². The third-order valence-corrected chi connectivity index (χ3v) is 10.4. The lowest BCUT2D eigenvalue weighted by Crippen LogP contribution is -2.21. The van der Waals surface area contributed by atoms with Crippen LogP contribution in [0.4, 0.5) is 0 Å². The molecule has 0 aliphatic rings. The fourth-order valence-corrected chi connectivity index (χ4v) is 7.99. The maximum absolute atomic E-state index is 14.3. The smallest absolute Gasteiger partial charge is 0.319 e. The second kappa shape index (κ2) is 14.2. The van der Waals surface area contributed by atoms with Crippen molar-refractivity contribution < 1.29 is 52.2 Å². The number of phenolic OH excluding ortho intramolecular Hbond substituents is 5. The molecule has 0 amide bonds. The van der Waals surface area contributed by atoms with Crippen LogP contribution in [0.1, 0.15) is 22.7 Å². The molecule has 288 valence electrons. The monoisotopic (exact) mass is 785 g/mol. The molecule has 0 saturated carbocycles. The number of nitrogens with one attached hydrogen (secondary N) is 1. The van der Waals surface area contributed by atoms with E-state index in [1.54, 1.807) is 66.7 Å². The zero-order valence-electron chi connectivity index (χ0n) is 30.0. The standard InChI is InChI=1S/C43H34N2O11S/c1-55-43(51)35(26-11-19-30(49)20-12-26)40-33(24-7-15-28(47)16-8-24)37-36-31-3-2-4-32(56-57(52,53)54)38(31)44-39(36)42(50)34(25-9-17-29(48)18-10-25)41(37)45(40)22-21-23-5-13-27(46)14-6-23/h2-20,35,44,46-50H,21-22H2,1H3,(H,52,53,54)/p-1. The van der Waals surface area contributed by atoms with Crippen molar-refractivity contribution in [1.29, 1.82) is 0 Å². The van der Waals surface area contributed by atoms with Gasteiger partial charge in [-0.15, -0.1) is 0 Å². The number of nitrogens with zero attached hydrogens (tertiary/aromatic N) is 1. The van der Waals surface area contributed by atoms with Crippen molar-refractivity contribution in [3.05, 3.63) is 132 Å². The van der Waals surface area contributed by atoms with Gasteiger partial charge in [0.1, 0.15) is 34.7 Å². The molecule has 0 aliphatic heterocycles. The second-order valence-electron chi connectivity index (χ2n) is 13.5. The number of esters is 1. The molecule has 2 heterocycles. The van der Waals surface area contributed by atoms with Crippen LogP contribution in [0, 0.1) is 0 Å². The molecule has 0 radical (unpaired) electrons. The van der Waals surface area contributed by atoms with E-state index in [2.05, 4.69) is 4.98 Å². The third-order valence-electron chi connectivity index (χ3n) is 10.1. The summed E-state index contributed by atoms with van der Waals surface area (Å²) in [5.74, 6) is -2.43. The van der Waals surface area contributed by atoms with Crippen LogP contribution in [-0.4, -0.2) is 61.1 Å². The number of aryl methyl sites for hydroxylation is 2. The van der Waals surface area contributed by atoms with Crippen molar-refractivity contribution in [3.63, 3.8) is 0 Å². The fourth-order valence-electron chi connectivity index (χ4n) is 7.63. The summed E-state index contributed by atoms with van der Waals surface area (Å²) in [6.45, 7) is 0.182. The molecule has 8 aromatic rings. The number of aromatic hydroxyl groups is 5. The molecule has 6 N–H and O–H groups in total. The van der Waals surface area contributed by atoms with E-state index < -0.39 is 22.3 Å². The lowest BCUT2D eigenvalue weighted by Gasteiger charge is -2.22. The van der Waals surface area contributed by atoms with Crippen LogP contribution in [0.2, 0.25) is 0 Å². The van der Waals surface area contributed by atoms with E-state index in [1.165, 1.54) is 55.6 Å². The minimum Gasteiger partial charge on any atom is -0.716 e. The van der Waals surface area contributed by atoms with Crippen molar-refractivity contribution in [2.45, 2.75) is 18.9 Å². The molecule has 1 atom stereocenters. The number of H-pyrrole nitrogens is 1. The van der Waals surface area contributed by atoms with Gasteiger partial charge in [-0.05, 0) is 83.3 Å². The highest BCUT2D eigenvalue weighted by Gasteiger charge is 2.36. The van der Waals surface area contributed by atoms with Crippen molar-refractivity contribution in [1.82, 2.24) is 9.55 Å². The van der Waals surface area contributed by atoms with E-state index in [0.717, 1.165) is 5.56 Å². The van der Waals surface area contributed by atoms with Crippen LogP contribution in [0.3, 0.4) is 0 Å². The number of para-hydroxylation sites is 1. The SMILES string of the molecule is COC(=O)C(c1ccc(O)cc1)c1c(-c2ccc(O)cc2)c2c3c([nH]c4c(OS(=O)(=O)[O-])cccc43)c(O)c(-c3ccc(O)cc3)c2n1CCc1ccc(O)cc1. The van der Waals surface area contributed by atoms with Crippen LogP contribution >= 0.6 is 0 Å². The second-order valence-corrected chi connectivity index (χ2v) is 14.4. The van der Waals surface area contributed by atoms with E-state index in [0.29, 0.717) is 56.0 Å². The number of rotatable bonds is 10. The summed E-state index contributed by atoms with van der Waals surface area (Å²) < 4.78 is 47.9. The Morgan fingerprint density at radius 3 is 1.82 bits per heavy atom. The number of carbonyl (C=O) groups excluding carboxylic acids is 1. The van der Waals surface area contributed by atoms with Gasteiger partial charge < -0.3 is 48.6 Å². The topological polar surface area (TPSA) is 215 Å². The summed E-state index contributed by atoms with van der Waals surface area (Å²) >= 11 is 0. The van der Waals surface area contributed by atoms with Crippen LogP contribution < -0.4 is 4.18 Å². The molecule has 14 heteroatoms. The number of carbonyl (C=O) groups is 1. The van der Waals surface area contributed by atoms with Crippen molar-refractivity contribution >= 4 is 49.1 Å². The zero-order valence-corrected chi connectivity index (χ0v) is 30.8. The van der Waals surface area contributed by atoms with Crippen LogP contribution in [-0.2, 0) is 32.9 Å². The summed E-state index contributed by atoms with van der Waals surface area (Å²) in [5, 5.41) is 54.8. The minimum absolute atomic E-state index is 0.0281. The predicted molar refractivity (Wildman–Crippen MR) is 211 cm³/mol. The average molecular weight is 786 g/mol. The summed E-state index contributed by atoms with van der Waals surface area (Å²) in [6, 6.07) is 29.7. The summed E-state index contributed by atoms with van der Waals surface area (Å²) in [6.07, 6.45) is 0.358. The van der Waals surface area contributed by atoms with E-state index in [1.807, 2.05) is 4.57 Å². The quantitative estimate of drug-likeness (QED) is 0.0453. The molecule has 2 aromatic heterocycles. The number of fused-ring (bicyclic) bond motifs is 5. The first kappa shape index (κ1) is 36.8. The van der Waals surface area contributed by atoms with Crippen molar-refractivity contribution in [2.75, 3.05) is 7.11 Å². The lowest BCUT2D eigenvalue weighted by molar-refractivity contribution is -0.141. The molecule has 57 heavy (non-hydrogen) atoms. The number of methoxy groups -OCH3 is 1. The van der Waals surface area contributed by atoms with Crippen LogP contribution in [0.5, 0.6) is 34.5 Å². The molecule has 13 nitrogen and oxygen atoms in total. The number of aromatic amines is 1. The van der Waals surface area contributed by atoms with E-state index in [-0.39, 0.29) is 57.6 Å². The Balaban J connectivity index is 1.63. The number of hydrogen-bond donors (Lipinski definition) is 6. The molecular weight excluding hydrogens is 753 g/mol. The van der Waals surface area contributed by atoms with Gasteiger partial charge >= 0.3 is 5.97 Å². The molecule has 6 aromatic carbocycles. The molecule has 8 rings (SSSR count). The van der Waals surface area contributed by atoms with Gasteiger partial charge in [-0.25, -0.2) is 8.42 Å². The Bertz CT molecular complexity index is 2940. The summed E-state index contributed by atoms with van der Waals surface area (Å²) in [5.41, 5.74) is 4.10. The molecule has 0 saturated heterocycles. The highest BCUT2D eigenvalue weighted by atomic mass is 32.3. The van der Waals surface area contributed by atoms with Gasteiger partial charge in [-0.1, -0.05) is 60.7 Å². The Morgan fingerprint density at radius 2 is 1.26 bits per heavy atom. The number of hydrogen-bond acceptors (Lipinski definition) is 11. The largest absolute Gasteiger partial charge is 0.716 e. The Morgan fingerprint density at radius 1 is 0.719 bits per heavy atom. The number of aromatic nitrogens is 2. The van der Waals surface area contributed by atoms with Gasteiger partial charge in [0.2, 0.25) is 0 Å². The molecule has 0 fully saturated rings. The highest BCUT2D eigenvalue weighted by molar-refractivity contribution is 7.81. The van der Waals surface area contributed by atoms with Crippen molar-refractivity contribution in [3.8, 4) is 56.8 Å². The van der Waals surface area contributed by atoms with E-state index in [9.17, 15) is 43.3 Å². The summed E-state index contributed by atoms with van der Waals surface area (Å²) in [4.78, 5) is 17.4. The lowest BCUT2D eigenvalue weighted by atomic mass is 9.88. The molecule has 0 aliphatic carbocycles. The van der Waals surface area contributed by atoms with Gasteiger partial charge in [0.15, 0.2) is 5.75 Å². The van der Waals surface area contributed by atoms with Crippen LogP contribution in [0.15, 0.2) is 115 Å². The number of ether oxygens (including phenoxy) is 1. The molecular formula is C43H33N2O11S-. The first-order chi connectivity index (χ1) is 27.3. The summed E-state index contributed by atoms with van der Waals surface area (Å²) in [7, 11) is -3.97. The third kappa shape index (κ3) is 6.66. The Kier molecular flexibility index (Phi) is 9.14. The van der Waals surface area contributed by atoms with Crippen molar-refractivity contribution in [2.24, 2.45) is 0 Å². The number of phenols is 5. The Hall–Kier alpha value is -7.16. The first-order valence-corrected chi connectivity index (χ1v) is 18.9. The fraction of sp³-hybridized carbons (Fsp3) is 0.0930. The maximum atomic E-state index is 14.3. The minimum atomic E-state index is -5.23. The Labute approximate surface area is 324 Å². The van der Waals surface area contributed by atoms with Gasteiger partial charge in [-0.3, -0.25) is 4.79 Å². The van der Waals surface area contributed by atoms with Crippen LogP contribution in [0.25, 0.3) is 55.0 Å². The average Bonchev–Trinajstić information content (AvgIpc) is 3.73.